The second kappa shape index (κ2) is 7.60. The Labute approximate surface area is 152 Å². The van der Waals surface area contributed by atoms with Crippen LogP contribution in [0.1, 0.15) is 31.2 Å². The van der Waals surface area contributed by atoms with Gasteiger partial charge in [-0.15, -0.1) is 0 Å². The van der Waals surface area contributed by atoms with Crippen LogP contribution >= 0.6 is 15.9 Å². The predicted octanol–water partition coefficient (Wildman–Crippen LogP) is 2.15. The molecule has 10 heteroatoms. The summed E-state index contributed by atoms with van der Waals surface area (Å²) in [6, 6.07) is 1.59. The molecule has 0 unspecified atom stereocenters. The van der Waals surface area contributed by atoms with Crippen molar-refractivity contribution in [2.45, 2.75) is 25.7 Å². The number of carbonyl (C=O) groups is 1. The fourth-order valence-corrected chi connectivity index (χ4v) is 3.20. The molecule has 0 bridgehead atoms. The predicted molar refractivity (Wildman–Crippen MR) is 98.6 cm³/mol. The maximum absolute atomic E-state index is 12.3. The fraction of sp³-hybridized carbons (Fsp3) is 0.400. The normalized spacial score (nSPS) is 14.4. The Morgan fingerprint density at radius 3 is 2.84 bits per heavy atom. The van der Waals surface area contributed by atoms with Crippen molar-refractivity contribution >= 4 is 45.0 Å². The quantitative estimate of drug-likeness (QED) is 0.464. The van der Waals surface area contributed by atoms with Gasteiger partial charge in [-0.2, -0.15) is 5.10 Å². The number of anilines is 3. The van der Waals surface area contributed by atoms with E-state index in [1.807, 2.05) is 0 Å². The smallest absolute Gasteiger partial charge is 0.275 e. The zero-order chi connectivity index (χ0) is 17.8. The summed E-state index contributed by atoms with van der Waals surface area (Å²) in [7, 11) is 0. The van der Waals surface area contributed by atoms with E-state index in [1.165, 1.54) is 32.0 Å². The standard InChI is InChI=1S/C15H19BrN8O/c16-9-5-10(24-23-9)22-15(25)12(17)11-13(18)20-7-21-14(11)19-6-8-3-1-2-4-8/h5,7-8,17H,1-4,6H2,(H3,18,19,20,21)(H2,22,23,24,25). The maximum Gasteiger partial charge on any atom is 0.275 e. The van der Waals surface area contributed by atoms with Gasteiger partial charge >= 0.3 is 0 Å². The molecule has 1 aliphatic carbocycles. The third-order valence-electron chi connectivity index (χ3n) is 4.17. The molecular formula is C15H19BrN8O. The number of nitrogens with zero attached hydrogens (tertiary/aromatic N) is 3. The van der Waals surface area contributed by atoms with Crippen LogP contribution in [-0.4, -0.2) is 38.3 Å². The fourth-order valence-electron chi connectivity index (χ4n) is 2.89. The lowest BCUT2D eigenvalue weighted by Gasteiger charge is -2.15. The van der Waals surface area contributed by atoms with E-state index in [-0.39, 0.29) is 17.1 Å². The van der Waals surface area contributed by atoms with Gasteiger partial charge in [0.05, 0.1) is 5.56 Å². The van der Waals surface area contributed by atoms with Gasteiger partial charge < -0.3 is 16.4 Å². The second-order valence-electron chi connectivity index (χ2n) is 5.94. The van der Waals surface area contributed by atoms with E-state index in [0.717, 1.165) is 6.54 Å². The van der Waals surface area contributed by atoms with E-state index in [4.69, 9.17) is 11.1 Å². The summed E-state index contributed by atoms with van der Waals surface area (Å²) in [5.74, 6) is 0.741. The van der Waals surface area contributed by atoms with E-state index in [9.17, 15) is 4.79 Å². The Bertz CT molecular complexity index is 784. The van der Waals surface area contributed by atoms with Gasteiger partial charge in [0, 0.05) is 12.6 Å². The van der Waals surface area contributed by atoms with Crippen molar-refractivity contribution in [1.29, 1.82) is 5.41 Å². The number of hydrogen-bond donors (Lipinski definition) is 5. The van der Waals surface area contributed by atoms with Crippen LogP contribution in [0.5, 0.6) is 0 Å². The number of nitrogens with two attached hydrogens (primary N) is 1. The number of amides is 1. The highest BCUT2D eigenvalue weighted by Gasteiger charge is 2.22. The van der Waals surface area contributed by atoms with E-state index in [1.54, 1.807) is 6.07 Å². The van der Waals surface area contributed by atoms with Crippen molar-refractivity contribution in [3.05, 3.63) is 22.6 Å². The molecule has 6 N–H and O–H groups in total. The van der Waals surface area contributed by atoms with Crippen molar-refractivity contribution < 1.29 is 4.79 Å². The average Bonchev–Trinajstić information content (AvgIpc) is 3.24. The molecule has 0 saturated heterocycles. The van der Waals surface area contributed by atoms with E-state index in [2.05, 4.69) is 46.7 Å². The van der Waals surface area contributed by atoms with Gasteiger partial charge in [0.25, 0.3) is 5.91 Å². The van der Waals surface area contributed by atoms with Crippen LogP contribution in [0.3, 0.4) is 0 Å². The summed E-state index contributed by atoms with van der Waals surface area (Å²) < 4.78 is 0.621. The number of halogens is 1. The van der Waals surface area contributed by atoms with Crippen LogP contribution in [0.15, 0.2) is 17.0 Å². The van der Waals surface area contributed by atoms with Gasteiger partial charge in [0.1, 0.15) is 28.3 Å². The molecule has 0 aliphatic heterocycles. The highest BCUT2D eigenvalue weighted by molar-refractivity contribution is 9.10. The molecule has 2 aromatic heterocycles. The van der Waals surface area contributed by atoms with Crippen molar-refractivity contribution in [3.8, 4) is 0 Å². The number of H-pyrrole nitrogens is 1. The molecule has 0 atom stereocenters. The topological polar surface area (TPSA) is 145 Å². The minimum atomic E-state index is -0.635. The average molecular weight is 407 g/mol. The number of aromatic nitrogens is 4. The van der Waals surface area contributed by atoms with Crippen molar-refractivity contribution in [2.24, 2.45) is 5.92 Å². The largest absolute Gasteiger partial charge is 0.383 e. The third kappa shape index (κ3) is 4.13. The molecule has 0 radical (unpaired) electrons. The summed E-state index contributed by atoms with van der Waals surface area (Å²) in [5, 5.41) is 20.5. The molecule has 1 fully saturated rings. The van der Waals surface area contributed by atoms with Crippen molar-refractivity contribution in [3.63, 3.8) is 0 Å². The zero-order valence-corrected chi connectivity index (χ0v) is 15.1. The van der Waals surface area contributed by atoms with Gasteiger partial charge in [0.15, 0.2) is 5.82 Å². The monoisotopic (exact) mass is 406 g/mol. The van der Waals surface area contributed by atoms with E-state index < -0.39 is 5.91 Å². The highest BCUT2D eigenvalue weighted by Crippen LogP contribution is 2.26. The Balaban J connectivity index is 1.74. The number of rotatable bonds is 6. The van der Waals surface area contributed by atoms with Crippen LogP contribution in [0, 0.1) is 11.3 Å². The minimum Gasteiger partial charge on any atom is -0.383 e. The Hall–Kier alpha value is -2.49. The lowest BCUT2D eigenvalue weighted by atomic mass is 10.1. The molecule has 132 valence electrons. The van der Waals surface area contributed by atoms with Crippen molar-refractivity contribution in [1.82, 2.24) is 20.2 Å². The molecule has 25 heavy (non-hydrogen) atoms. The van der Waals surface area contributed by atoms with Crippen LogP contribution in [0.4, 0.5) is 17.5 Å². The molecule has 1 aliphatic rings. The Morgan fingerprint density at radius 1 is 1.40 bits per heavy atom. The lowest BCUT2D eigenvalue weighted by molar-refractivity contribution is -0.110. The molecule has 9 nitrogen and oxygen atoms in total. The highest BCUT2D eigenvalue weighted by atomic mass is 79.9. The molecule has 0 spiro atoms. The summed E-state index contributed by atoms with van der Waals surface area (Å²) in [5.41, 5.74) is 5.79. The van der Waals surface area contributed by atoms with Crippen molar-refractivity contribution in [2.75, 3.05) is 22.9 Å². The molecule has 1 saturated carbocycles. The molecule has 2 heterocycles. The zero-order valence-electron chi connectivity index (χ0n) is 13.5. The van der Waals surface area contributed by atoms with Crippen LogP contribution in [-0.2, 0) is 4.79 Å². The van der Waals surface area contributed by atoms with Gasteiger partial charge in [-0.3, -0.25) is 15.3 Å². The van der Waals surface area contributed by atoms with Gasteiger partial charge in [-0.1, -0.05) is 12.8 Å². The van der Waals surface area contributed by atoms with Crippen LogP contribution < -0.4 is 16.4 Å². The lowest BCUT2D eigenvalue weighted by Crippen LogP contribution is -2.26. The molecular weight excluding hydrogens is 388 g/mol. The summed E-state index contributed by atoms with van der Waals surface area (Å²) in [6.07, 6.45) is 6.15. The summed E-state index contributed by atoms with van der Waals surface area (Å²) >= 11 is 3.21. The van der Waals surface area contributed by atoms with E-state index in [0.29, 0.717) is 22.2 Å². The van der Waals surface area contributed by atoms with Gasteiger partial charge in [0.2, 0.25) is 0 Å². The minimum absolute atomic E-state index is 0.0901. The SMILES string of the molecule is N=C(C(=O)Nc1cc(Br)[nH]n1)c1c(N)ncnc1NCC1CCCC1. The number of hydrogen-bond acceptors (Lipinski definition) is 7. The number of nitrogen functional groups attached to an aromatic ring is 1. The Morgan fingerprint density at radius 2 is 2.16 bits per heavy atom. The number of aromatic amines is 1. The first-order chi connectivity index (χ1) is 12.0. The van der Waals surface area contributed by atoms with Gasteiger partial charge in [-0.25, -0.2) is 9.97 Å². The first kappa shape index (κ1) is 17.3. The molecule has 2 aromatic rings. The molecule has 3 rings (SSSR count). The van der Waals surface area contributed by atoms with Gasteiger partial charge in [-0.05, 0) is 34.7 Å². The Kier molecular flexibility index (Phi) is 5.27. The first-order valence-electron chi connectivity index (χ1n) is 8.00. The van der Waals surface area contributed by atoms with Crippen LogP contribution in [0.25, 0.3) is 0 Å². The maximum atomic E-state index is 12.3. The number of nitrogens with one attached hydrogen (secondary N) is 4. The molecule has 1 amide bonds. The van der Waals surface area contributed by atoms with E-state index >= 15 is 0 Å². The molecule has 0 aromatic carbocycles. The second-order valence-corrected chi connectivity index (χ2v) is 6.80. The van der Waals surface area contributed by atoms with Crippen LogP contribution in [0.2, 0.25) is 0 Å². The first-order valence-corrected chi connectivity index (χ1v) is 8.79. The summed E-state index contributed by atoms with van der Waals surface area (Å²) in [4.78, 5) is 20.4. The summed E-state index contributed by atoms with van der Waals surface area (Å²) in [6.45, 7) is 0.741. The number of carbonyl (C=O) groups excluding carboxylic acids is 1. The third-order valence-corrected chi connectivity index (χ3v) is 4.58.